The van der Waals surface area contributed by atoms with Crippen molar-refractivity contribution in [3.05, 3.63) is 99.7 Å². The van der Waals surface area contributed by atoms with Gasteiger partial charge in [0.15, 0.2) is 11.4 Å². The fourth-order valence-electron chi connectivity index (χ4n) is 12.9. The van der Waals surface area contributed by atoms with Gasteiger partial charge in [-0.3, -0.25) is 19.8 Å². The first kappa shape index (κ1) is 45.2. The van der Waals surface area contributed by atoms with Crippen LogP contribution in [-0.2, 0) is 14.8 Å². The van der Waals surface area contributed by atoms with Crippen LogP contribution in [0.3, 0.4) is 0 Å². The summed E-state index contributed by atoms with van der Waals surface area (Å²) in [6.45, 7) is 6.00. The number of amides is 1. The quantitative estimate of drug-likeness (QED) is 0.0820. The molecular formula is C52H60N8O9S. The molecule has 2 saturated carbocycles. The first-order chi connectivity index (χ1) is 33.9. The van der Waals surface area contributed by atoms with E-state index >= 15 is 0 Å². The van der Waals surface area contributed by atoms with Crippen LogP contribution in [0, 0.1) is 28.4 Å². The number of fused-ring (bicyclic) bond motifs is 4. The number of hydrogen-bond donors (Lipinski definition) is 4. The molecule has 17 nitrogen and oxygen atoms in total. The van der Waals surface area contributed by atoms with E-state index in [1.165, 1.54) is 42.9 Å². The Kier molecular flexibility index (Phi) is 11.4. The monoisotopic (exact) mass is 972 g/mol. The number of sulfonamides is 1. The summed E-state index contributed by atoms with van der Waals surface area (Å²) >= 11 is 0. The second-order valence-electron chi connectivity index (χ2n) is 20.8. The molecule has 7 aliphatic rings. The molecule has 368 valence electrons. The van der Waals surface area contributed by atoms with Crippen molar-refractivity contribution < 1.29 is 37.5 Å². The van der Waals surface area contributed by atoms with Crippen LogP contribution < -0.4 is 29.3 Å². The number of hydrogen-bond acceptors (Lipinski definition) is 14. The predicted molar refractivity (Wildman–Crippen MR) is 264 cm³/mol. The van der Waals surface area contributed by atoms with Gasteiger partial charge in [-0.05, 0) is 130 Å². The minimum absolute atomic E-state index is 0.0132. The lowest BCUT2D eigenvalue weighted by molar-refractivity contribution is -0.384. The summed E-state index contributed by atoms with van der Waals surface area (Å²) in [5.41, 5.74) is 5.48. The number of aromatic amines is 1. The average molecular weight is 973 g/mol. The molecule has 2 aliphatic carbocycles. The minimum atomic E-state index is -4.70. The number of rotatable bonds is 9. The Bertz CT molecular complexity index is 2960. The average Bonchev–Trinajstić information content (AvgIpc) is 4.04. The molecule has 7 heterocycles. The number of nitro groups is 1. The van der Waals surface area contributed by atoms with Crippen LogP contribution in [0.25, 0.3) is 11.0 Å². The third-order valence-corrected chi connectivity index (χ3v) is 18.1. The van der Waals surface area contributed by atoms with Crippen LogP contribution in [0.4, 0.5) is 28.4 Å². The van der Waals surface area contributed by atoms with E-state index in [4.69, 9.17) is 19.2 Å². The van der Waals surface area contributed by atoms with Crippen LogP contribution in [0.1, 0.15) is 98.2 Å². The highest BCUT2D eigenvalue weighted by Gasteiger charge is 2.50. The second-order valence-corrected chi connectivity index (χ2v) is 22.5. The van der Waals surface area contributed by atoms with E-state index in [2.05, 4.69) is 56.0 Å². The van der Waals surface area contributed by atoms with Gasteiger partial charge in [0.05, 0.1) is 52.5 Å². The molecule has 4 N–H and O–H groups in total. The number of H-pyrrole nitrogens is 1. The van der Waals surface area contributed by atoms with Gasteiger partial charge >= 0.3 is 0 Å². The van der Waals surface area contributed by atoms with Crippen molar-refractivity contribution in [2.24, 2.45) is 11.3 Å². The molecular weight excluding hydrogens is 913 g/mol. The van der Waals surface area contributed by atoms with E-state index in [1.54, 1.807) is 6.07 Å². The third-order valence-electron chi connectivity index (χ3n) is 16.8. The largest absolute Gasteiger partial charge is 0.489 e. The van der Waals surface area contributed by atoms with E-state index in [1.807, 2.05) is 35.4 Å². The van der Waals surface area contributed by atoms with E-state index in [-0.39, 0.29) is 59.2 Å². The van der Waals surface area contributed by atoms with E-state index in [9.17, 15) is 28.4 Å². The topological polar surface area (TPSA) is 205 Å². The maximum Gasteiger partial charge on any atom is 0.297 e. The van der Waals surface area contributed by atoms with Gasteiger partial charge in [-0.15, -0.1) is 0 Å². The Hall–Kier alpha value is -5.95. The molecule has 5 aliphatic heterocycles. The SMILES string of the molecule is Cc1ccccc1[C@@H]1CCCN1C1CC2(CCN(c3ccc(C(=O)NS(=O)(=O)c4cc5c(c([N+](=O)[O-])c4)N[C@@H](C4CCC(O)CC4)CO5)c(N4c5cc6cc[nH]c6nc5O[C@@H]5CCOC[C@H]54)c3)CC2)C1. The molecule has 70 heavy (non-hydrogen) atoms. The number of aryl methyl sites for hydroxylation is 1. The molecule has 12 rings (SSSR count). The Morgan fingerprint density at radius 2 is 1.77 bits per heavy atom. The highest BCUT2D eigenvalue weighted by molar-refractivity contribution is 7.90. The zero-order valence-corrected chi connectivity index (χ0v) is 40.2. The van der Waals surface area contributed by atoms with Gasteiger partial charge < -0.3 is 39.4 Å². The highest BCUT2D eigenvalue weighted by atomic mass is 32.2. The lowest BCUT2D eigenvalue weighted by Gasteiger charge is -2.56. The van der Waals surface area contributed by atoms with Crippen molar-refractivity contribution in [3.8, 4) is 11.6 Å². The Morgan fingerprint density at radius 3 is 2.57 bits per heavy atom. The van der Waals surface area contributed by atoms with Crippen molar-refractivity contribution in [1.29, 1.82) is 0 Å². The lowest BCUT2D eigenvalue weighted by Crippen LogP contribution is -2.55. The standard InChI is InChI=1S/C52H60N8O9S/c1-31-5-2-3-6-38(31)41-7-4-19-58(41)35-27-52(28-35)16-20-57(21-17-52)34-10-13-39(42(24-34)59-44-23-33-14-18-53-49(33)55-51(44)69-46-15-22-67-30-45(46)59)50(62)56-70(65,66)37-25-43(60(63)64)48-47(26-37)68-29-40(54-48)32-8-11-36(61)12-9-32/h2-3,5-6,10,13-14,18,23-26,32,35-36,40-41,45-46,54,61H,4,7-9,11-12,15-17,19-22,27-30H2,1H3,(H,53,55)(H,56,62)/t32?,36?,40-,41+,45-,46-/m1/s1. The maximum atomic E-state index is 14.8. The number of nitrogens with one attached hydrogen (secondary N) is 3. The number of nitrogens with zero attached hydrogens (tertiary/aromatic N) is 5. The molecule has 0 bridgehead atoms. The zero-order chi connectivity index (χ0) is 47.9. The smallest absolute Gasteiger partial charge is 0.297 e. The van der Waals surface area contributed by atoms with Crippen LogP contribution in [-0.4, -0.2) is 109 Å². The first-order valence-electron chi connectivity index (χ1n) is 25.1. The normalized spacial score (nSPS) is 26.5. The molecule has 1 spiro atoms. The van der Waals surface area contributed by atoms with Crippen molar-refractivity contribution in [1.82, 2.24) is 19.6 Å². The second kappa shape index (κ2) is 17.7. The summed E-state index contributed by atoms with van der Waals surface area (Å²) in [6, 6.07) is 20.9. The molecule has 5 fully saturated rings. The Balaban J connectivity index is 0.840. The molecule has 4 atom stereocenters. The van der Waals surface area contributed by atoms with E-state index in [0.29, 0.717) is 67.5 Å². The summed E-state index contributed by atoms with van der Waals surface area (Å²) in [6.07, 6.45) is 11.3. The highest BCUT2D eigenvalue weighted by Crippen LogP contribution is 2.55. The summed E-state index contributed by atoms with van der Waals surface area (Å²) in [5, 5.41) is 26.7. The number of benzene rings is 3. The molecule has 5 aromatic rings. The molecule has 0 unspecified atom stereocenters. The number of anilines is 4. The molecule has 3 saturated heterocycles. The van der Waals surface area contributed by atoms with Gasteiger partial charge in [-0.1, -0.05) is 24.3 Å². The first-order valence-corrected chi connectivity index (χ1v) is 26.6. The number of nitro benzene ring substituents is 1. The third kappa shape index (κ3) is 8.09. The zero-order valence-electron chi connectivity index (χ0n) is 39.3. The number of likely N-dealkylation sites (tertiary alicyclic amines) is 1. The molecule has 1 amide bonds. The maximum absolute atomic E-state index is 14.8. The Labute approximate surface area is 407 Å². The van der Waals surface area contributed by atoms with Gasteiger partial charge in [0, 0.05) is 61.0 Å². The number of ether oxygens (including phenoxy) is 3. The number of carbonyl (C=O) groups is 1. The van der Waals surface area contributed by atoms with Gasteiger partial charge in [0.1, 0.15) is 24.0 Å². The van der Waals surface area contributed by atoms with Crippen molar-refractivity contribution in [2.45, 2.75) is 119 Å². The number of pyridine rings is 1. The van der Waals surface area contributed by atoms with Crippen LogP contribution >= 0.6 is 0 Å². The molecule has 3 aromatic carbocycles. The number of carbonyl (C=O) groups excluding carboxylic acids is 1. The summed E-state index contributed by atoms with van der Waals surface area (Å²) in [7, 11) is -4.70. The molecule has 0 radical (unpaired) electrons. The van der Waals surface area contributed by atoms with E-state index < -0.39 is 31.4 Å². The van der Waals surface area contributed by atoms with Crippen molar-refractivity contribution in [3.63, 3.8) is 0 Å². The van der Waals surface area contributed by atoms with Crippen LogP contribution in [0.5, 0.6) is 11.6 Å². The lowest BCUT2D eigenvalue weighted by atomic mass is 9.59. The van der Waals surface area contributed by atoms with Crippen LogP contribution in [0.15, 0.2) is 77.8 Å². The number of aliphatic hydroxyl groups is 1. The van der Waals surface area contributed by atoms with Crippen LogP contribution in [0.2, 0.25) is 0 Å². The van der Waals surface area contributed by atoms with Crippen molar-refractivity contribution >= 4 is 55.4 Å². The Morgan fingerprint density at radius 1 is 0.957 bits per heavy atom. The number of aliphatic hydroxyl groups excluding tert-OH is 1. The van der Waals surface area contributed by atoms with Gasteiger partial charge in [0.25, 0.3) is 21.6 Å². The minimum Gasteiger partial charge on any atom is -0.489 e. The fourth-order valence-corrected chi connectivity index (χ4v) is 13.9. The molecule has 2 aromatic heterocycles. The van der Waals surface area contributed by atoms with Gasteiger partial charge in [-0.25, -0.2) is 13.1 Å². The molecule has 18 heteroatoms. The predicted octanol–water partition coefficient (Wildman–Crippen LogP) is 7.90. The summed E-state index contributed by atoms with van der Waals surface area (Å²) < 4.78 is 49.6. The van der Waals surface area contributed by atoms with E-state index in [0.717, 1.165) is 62.5 Å². The van der Waals surface area contributed by atoms with Gasteiger partial charge in [-0.2, -0.15) is 4.98 Å². The summed E-state index contributed by atoms with van der Waals surface area (Å²) in [4.78, 5) is 41.4. The van der Waals surface area contributed by atoms with Crippen molar-refractivity contribution in [2.75, 3.05) is 54.6 Å². The fraction of sp³-hybridized carbons (Fsp3) is 0.500. The summed E-state index contributed by atoms with van der Waals surface area (Å²) in [5.74, 6) is -0.373. The number of aromatic nitrogens is 2. The number of piperidine rings is 1. The van der Waals surface area contributed by atoms with Gasteiger partial charge in [0.2, 0.25) is 5.88 Å².